The van der Waals surface area contributed by atoms with Crippen molar-refractivity contribution in [1.29, 1.82) is 0 Å². The molecule has 1 atom stereocenters. The highest BCUT2D eigenvalue weighted by molar-refractivity contribution is 7.80. The molecule has 1 aliphatic rings. The number of nitrogens with one attached hydrogen (secondary N) is 2. The molecule has 0 amide bonds. The van der Waals surface area contributed by atoms with E-state index in [1.807, 2.05) is 51.1 Å². The largest absolute Gasteiger partial charge is 0.456 e. The molecule has 0 saturated heterocycles. The van der Waals surface area contributed by atoms with Gasteiger partial charge in [0.25, 0.3) is 0 Å². The number of esters is 1. The van der Waals surface area contributed by atoms with Crippen LogP contribution >= 0.6 is 23.6 Å². The molecule has 3 rings (SSSR count). The molecule has 5 nitrogen and oxygen atoms in total. The van der Waals surface area contributed by atoms with Crippen LogP contribution in [0.15, 0.2) is 30.3 Å². The van der Waals surface area contributed by atoms with Crippen molar-refractivity contribution in [2.45, 2.75) is 45.8 Å². The molecular formula is C20H24N2O3S2. The van der Waals surface area contributed by atoms with E-state index < -0.39 is 5.60 Å². The van der Waals surface area contributed by atoms with E-state index in [0.29, 0.717) is 28.9 Å². The number of carbonyl (C=O) groups excluding carboxylic acids is 1. The Hall–Kier alpha value is -1.96. The van der Waals surface area contributed by atoms with Crippen molar-refractivity contribution in [2.24, 2.45) is 0 Å². The van der Waals surface area contributed by atoms with E-state index in [1.165, 1.54) is 11.3 Å². The molecular weight excluding hydrogens is 380 g/mol. The van der Waals surface area contributed by atoms with Crippen molar-refractivity contribution >= 4 is 45.3 Å². The number of fused-ring (bicyclic) bond motifs is 1. The van der Waals surface area contributed by atoms with E-state index in [9.17, 15) is 4.79 Å². The summed E-state index contributed by atoms with van der Waals surface area (Å²) >= 11 is 6.94. The number of hydrogen-bond acceptors (Lipinski definition) is 5. The molecule has 2 N–H and O–H groups in total. The van der Waals surface area contributed by atoms with Crippen LogP contribution in [0.1, 0.15) is 54.4 Å². The van der Waals surface area contributed by atoms with Gasteiger partial charge in [-0.15, -0.1) is 11.3 Å². The summed E-state index contributed by atoms with van der Waals surface area (Å²) in [6, 6.07) is 9.66. The zero-order chi connectivity index (χ0) is 19.6. The molecule has 0 bridgehead atoms. The number of hydrogen-bond donors (Lipinski definition) is 2. The van der Waals surface area contributed by atoms with Gasteiger partial charge in [0.15, 0.2) is 5.11 Å². The van der Waals surface area contributed by atoms with Crippen LogP contribution in [-0.4, -0.2) is 23.3 Å². The molecule has 1 unspecified atom stereocenters. The lowest BCUT2D eigenvalue weighted by Gasteiger charge is -2.23. The number of anilines is 2. The second-order valence-electron chi connectivity index (χ2n) is 7.51. The molecule has 0 saturated carbocycles. The quantitative estimate of drug-likeness (QED) is 0.545. The second kappa shape index (κ2) is 7.96. The molecule has 0 fully saturated rings. The summed E-state index contributed by atoms with van der Waals surface area (Å²) in [5, 5.41) is 7.45. The van der Waals surface area contributed by atoms with Gasteiger partial charge in [0, 0.05) is 16.5 Å². The number of ether oxygens (including phenoxy) is 2. The van der Waals surface area contributed by atoms with Gasteiger partial charge in [0.1, 0.15) is 10.6 Å². The Morgan fingerprint density at radius 2 is 1.96 bits per heavy atom. The van der Waals surface area contributed by atoms with Crippen molar-refractivity contribution < 1.29 is 14.3 Å². The Morgan fingerprint density at radius 3 is 2.63 bits per heavy atom. The third-order valence-corrected chi connectivity index (χ3v) is 5.28. The zero-order valence-corrected chi connectivity index (χ0v) is 17.6. The fourth-order valence-corrected chi connectivity index (χ4v) is 4.47. The summed E-state index contributed by atoms with van der Waals surface area (Å²) < 4.78 is 11.3. The van der Waals surface area contributed by atoms with Crippen LogP contribution in [0.25, 0.3) is 0 Å². The van der Waals surface area contributed by atoms with Crippen LogP contribution in [0.3, 0.4) is 0 Å². The van der Waals surface area contributed by atoms with Gasteiger partial charge >= 0.3 is 5.97 Å². The van der Waals surface area contributed by atoms with E-state index in [0.717, 1.165) is 16.1 Å². The number of rotatable bonds is 3. The van der Waals surface area contributed by atoms with Crippen molar-refractivity contribution in [3.8, 4) is 0 Å². The number of thiocarbonyl (C=S) groups is 1. The van der Waals surface area contributed by atoms with E-state index in [2.05, 4.69) is 17.6 Å². The predicted molar refractivity (Wildman–Crippen MR) is 114 cm³/mol. The maximum absolute atomic E-state index is 12.9. The molecule has 0 spiro atoms. The SMILES string of the molecule is CC1COCc2sc(NC(=S)Nc3ccccc3)c(C(=O)OC(C)(C)C)c21. The van der Waals surface area contributed by atoms with E-state index in [4.69, 9.17) is 21.7 Å². The second-order valence-corrected chi connectivity index (χ2v) is 9.02. The molecule has 0 aliphatic carbocycles. The van der Waals surface area contributed by atoms with Gasteiger partial charge in [0.2, 0.25) is 0 Å². The Labute approximate surface area is 169 Å². The van der Waals surface area contributed by atoms with Crippen molar-refractivity contribution in [3.63, 3.8) is 0 Å². The van der Waals surface area contributed by atoms with Gasteiger partial charge < -0.3 is 20.1 Å². The number of carbonyl (C=O) groups is 1. The van der Waals surface area contributed by atoms with E-state index in [1.54, 1.807) is 0 Å². The number of thiophene rings is 1. The Kier molecular flexibility index (Phi) is 5.83. The highest BCUT2D eigenvalue weighted by Gasteiger charge is 2.32. The smallest absolute Gasteiger partial charge is 0.341 e. The highest BCUT2D eigenvalue weighted by atomic mass is 32.1. The predicted octanol–water partition coefficient (Wildman–Crippen LogP) is 5.15. The minimum atomic E-state index is -0.569. The average molecular weight is 405 g/mol. The Morgan fingerprint density at radius 1 is 1.26 bits per heavy atom. The molecule has 0 radical (unpaired) electrons. The van der Waals surface area contributed by atoms with Gasteiger partial charge in [-0.25, -0.2) is 4.79 Å². The summed E-state index contributed by atoms with van der Waals surface area (Å²) in [6.45, 7) is 8.75. The van der Waals surface area contributed by atoms with Crippen LogP contribution in [0.4, 0.5) is 10.7 Å². The van der Waals surface area contributed by atoms with Crippen molar-refractivity contribution in [3.05, 3.63) is 46.3 Å². The summed E-state index contributed by atoms with van der Waals surface area (Å²) in [4.78, 5) is 14.0. The van der Waals surface area contributed by atoms with Crippen LogP contribution < -0.4 is 10.6 Å². The first kappa shape index (κ1) is 19.8. The first-order chi connectivity index (χ1) is 12.7. The number of benzene rings is 1. The minimum absolute atomic E-state index is 0.124. The molecule has 1 aliphatic heterocycles. The summed E-state index contributed by atoms with van der Waals surface area (Å²) in [7, 11) is 0. The molecule has 1 aromatic carbocycles. The van der Waals surface area contributed by atoms with Crippen molar-refractivity contribution in [2.75, 3.05) is 17.2 Å². The molecule has 27 heavy (non-hydrogen) atoms. The lowest BCUT2D eigenvalue weighted by atomic mass is 9.96. The van der Waals surface area contributed by atoms with Crippen LogP contribution in [-0.2, 0) is 16.1 Å². The summed E-state index contributed by atoms with van der Waals surface area (Å²) in [5.74, 6) is -0.211. The highest BCUT2D eigenvalue weighted by Crippen LogP contribution is 2.41. The molecule has 2 aromatic rings. The zero-order valence-electron chi connectivity index (χ0n) is 15.9. The fraction of sp³-hybridized carbons (Fsp3) is 0.400. The molecule has 7 heteroatoms. The topological polar surface area (TPSA) is 59.6 Å². The average Bonchev–Trinajstić information content (AvgIpc) is 2.93. The Bertz CT molecular complexity index is 841. The third kappa shape index (κ3) is 4.86. The lowest BCUT2D eigenvalue weighted by Crippen LogP contribution is -2.26. The van der Waals surface area contributed by atoms with Crippen LogP contribution in [0.2, 0.25) is 0 Å². The number of para-hydroxylation sites is 1. The minimum Gasteiger partial charge on any atom is -0.456 e. The van der Waals surface area contributed by atoms with Gasteiger partial charge in [0.05, 0.1) is 18.8 Å². The van der Waals surface area contributed by atoms with Crippen LogP contribution in [0, 0.1) is 0 Å². The van der Waals surface area contributed by atoms with Gasteiger partial charge in [-0.3, -0.25) is 0 Å². The van der Waals surface area contributed by atoms with E-state index >= 15 is 0 Å². The molecule has 144 valence electrons. The molecule has 1 aromatic heterocycles. The maximum Gasteiger partial charge on any atom is 0.341 e. The fourth-order valence-electron chi connectivity index (χ4n) is 2.94. The first-order valence-corrected chi connectivity index (χ1v) is 10.1. The first-order valence-electron chi connectivity index (χ1n) is 8.84. The Balaban J connectivity index is 1.90. The van der Waals surface area contributed by atoms with Crippen molar-refractivity contribution in [1.82, 2.24) is 0 Å². The third-order valence-electron chi connectivity index (χ3n) is 3.98. The molecule has 2 heterocycles. The monoisotopic (exact) mass is 404 g/mol. The normalized spacial score (nSPS) is 16.4. The van der Waals surface area contributed by atoms with Gasteiger partial charge in [-0.05, 0) is 50.7 Å². The summed E-state index contributed by atoms with van der Waals surface area (Å²) in [6.07, 6.45) is 0. The lowest BCUT2D eigenvalue weighted by molar-refractivity contribution is 0.00673. The summed E-state index contributed by atoms with van der Waals surface area (Å²) in [5.41, 5.74) is 1.88. The van der Waals surface area contributed by atoms with Gasteiger partial charge in [-0.2, -0.15) is 0 Å². The van der Waals surface area contributed by atoms with Crippen LogP contribution in [0.5, 0.6) is 0 Å². The van der Waals surface area contributed by atoms with E-state index in [-0.39, 0.29) is 11.9 Å². The standard InChI is InChI=1S/C20H24N2O3S2/c1-12-10-24-11-14-15(12)16(18(23)25-20(2,3)4)17(27-14)22-19(26)21-13-8-6-5-7-9-13/h5-9,12H,10-11H2,1-4H3,(H2,21,22,26). The van der Waals surface area contributed by atoms with Gasteiger partial charge in [-0.1, -0.05) is 25.1 Å². The maximum atomic E-state index is 12.9.